The first-order valence-corrected chi connectivity index (χ1v) is 7.97. The summed E-state index contributed by atoms with van der Waals surface area (Å²) in [6.45, 7) is 2.17. The summed E-state index contributed by atoms with van der Waals surface area (Å²) in [4.78, 5) is 11.7. The fourth-order valence-corrected chi connectivity index (χ4v) is 2.26. The van der Waals surface area contributed by atoms with Crippen LogP contribution in [-0.2, 0) is 4.79 Å². The average molecular weight is 372 g/mol. The molecule has 2 rings (SSSR count). The number of carbonyl (C=O) groups excluding carboxylic acids is 1. The molecule has 0 atom stereocenters. The Labute approximate surface area is 144 Å². The van der Waals surface area contributed by atoms with Crippen LogP contribution in [0.1, 0.15) is 11.1 Å². The average Bonchev–Trinajstić information content (AvgIpc) is 2.54. The van der Waals surface area contributed by atoms with E-state index in [1.807, 2.05) is 67.6 Å². The molecule has 0 aliphatic heterocycles. The van der Waals surface area contributed by atoms with Crippen LogP contribution in [0, 0.1) is 6.92 Å². The lowest BCUT2D eigenvalue weighted by atomic mass is 10.2. The van der Waals surface area contributed by atoms with Crippen molar-refractivity contribution in [1.82, 2.24) is 5.43 Å². The van der Waals surface area contributed by atoms with E-state index in [4.69, 9.17) is 0 Å². The van der Waals surface area contributed by atoms with Crippen LogP contribution in [-0.4, -0.2) is 18.7 Å². The lowest BCUT2D eigenvalue weighted by Gasteiger charge is -2.05. The summed E-state index contributed by atoms with van der Waals surface area (Å²) >= 11 is 3.39. The molecule has 0 heterocycles. The van der Waals surface area contributed by atoms with Gasteiger partial charge in [-0.1, -0.05) is 42.5 Å². The van der Waals surface area contributed by atoms with Crippen molar-refractivity contribution < 1.29 is 4.79 Å². The minimum Gasteiger partial charge on any atom is -0.376 e. The smallest absolute Gasteiger partial charge is 0.259 e. The zero-order valence-electron chi connectivity index (χ0n) is 12.8. The molecule has 0 fully saturated rings. The third-order valence-corrected chi connectivity index (χ3v) is 3.39. The van der Waals surface area contributed by atoms with Crippen molar-refractivity contribution >= 4 is 39.8 Å². The summed E-state index contributed by atoms with van der Waals surface area (Å²) in [5, 5.41) is 6.97. The summed E-state index contributed by atoms with van der Waals surface area (Å²) in [6, 6.07) is 17.7. The van der Waals surface area contributed by atoms with E-state index in [1.165, 1.54) is 0 Å². The zero-order valence-corrected chi connectivity index (χ0v) is 14.4. The molecule has 1 amide bonds. The van der Waals surface area contributed by atoms with Gasteiger partial charge in [0.2, 0.25) is 0 Å². The van der Waals surface area contributed by atoms with E-state index in [1.54, 1.807) is 6.21 Å². The highest BCUT2D eigenvalue weighted by atomic mass is 79.9. The second-order valence-electron chi connectivity index (χ2n) is 4.96. The number of nitrogens with one attached hydrogen (secondary N) is 2. The highest BCUT2D eigenvalue weighted by Gasteiger charge is 1.99. The normalized spacial score (nSPS) is 11.5. The molecule has 5 heteroatoms. The van der Waals surface area contributed by atoms with Crippen molar-refractivity contribution in [3.63, 3.8) is 0 Å². The third kappa shape index (κ3) is 6.48. The first kappa shape index (κ1) is 17.0. The molecule has 0 bridgehead atoms. The molecule has 0 radical (unpaired) electrons. The number of anilines is 1. The first-order chi connectivity index (χ1) is 11.1. The van der Waals surface area contributed by atoms with E-state index in [0.29, 0.717) is 0 Å². The molecular formula is C18H18BrN3O. The predicted molar refractivity (Wildman–Crippen MR) is 99.6 cm³/mol. The van der Waals surface area contributed by atoms with E-state index >= 15 is 0 Å². The zero-order chi connectivity index (χ0) is 16.5. The molecule has 0 unspecified atom stereocenters. The summed E-state index contributed by atoms with van der Waals surface area (Å²) in [5.74, 6) is -0.206. The van der Waals surface area contributed by atoms with Gasteiger partial charge in [0.15, 0.2) is 0 Å². The lowest BCUT2D eigenvalue weighted by molar-refractivity contribution is -0.119. The van der Waals surface area contributed by atoms with Gasteiger partial charge in [-0.25, -0.2) is 5.43 Å². The van der Waals surface area contributed by atoms with Gasteiger partial charge in [0.05, 0.1) is 12.8 Å². The molecule has 118 valence electrons. The summed E-state index contributed by atoms with van der Waals surface area (Å²) in [7, 11) is 0. The van der Waals surface area contributed by atoms with E-state index in [2.05, 4.69) is 31.8 Å². The van der Waals surface area contributed by atoms with E-state index in [9.17, 15) is 4.79 Å². The lowest BCUT2D eigenvalue weighted by Crippen LogP contribution is -2.25. The van der Waals surface area contributed by atoms with Gasteiger partial charge in [0.25, 0.3) is 5.91 Å². The van der Waals surface area contributed by atoms with Crippen molar-refractivity contribution in [2.75, 3.05) is 11.9 Å². The maximum Gasteiger partial charge on any atom is 0.259 e. The predicted octanol–water partition coefficient (Wildman–Crippen LogP) is 3.94. The largest absolute Gasteiger partial charge is 0.376 e. The van der Waals surface area contributed by atoms with Gasteiger partial charge in [-0.2, -0.15) is 5.10 Å². The van der Waals surface area contributed by atoms with Crippen LogP contribution in [0.5, 0.6) is 0 Å². The SMILES string of the molecule is Cc1cccc(NCC(=O)N/N=C\C(Br)=C\c2ccccc2)c1. The first-order valence-electron chi connectivity index (χ1n) is 7.18. The van der Waals surface area contributed by atoms with E-state index in [-0.39, 0.29) is 12.5 Å². The molecule has 0 saturated carbocycles. The van der Waals surface area contributed by atoms with Crippen LogP contribution in [0.4, 0.5) is 5.69 Å². The Morgan fingerprint density at radius 1 is 1.17 bits per heavy atom. The number of allylic oxidation sites excluding steroid dienone is 1. The van der Waals surface area contributed by atoms with Crippen LogP contribution in [0.3, 0.4) is 0 Å². The quantitative estimate of drug-likeness (QED) is 0.596. The molecule has 0 aliphatic carbocycles. The number of hydrogen-bond acceptors (Lipinski definition) is 3. The van der Waals surface area contributed by atoms with Crippen LogP contribution in [0.2, 0.25) is 0 Å². The van der Waals surface area contributed by atoms with Crippen molar-refractivity contribution in [3.05, 3.63) is 70.2 Å². The van der Waals surface area contributed by atoms with Gasteiger partial charge in [-0.15, -0.1) is 0 Å². The second-order valence-corrected chi connectivity index (χ2v) is 5.87. The Morgan fingerprint density at radius 2 is 1.96 bits per heavy atom. The Morgan fingerprint density at radius 3 is 2.70 bits per heavy atom. The van der Waals surface area contributed by atoms with Gasteiger partial charge in [0.1, 0.15) is 0 Å². The second kappa shape index (κ2) is 8.90. The van der Waals surface area contributed by atoms with Gasteiger partial charge in [-0.3, -0.25) is 4.79 Å². The number of hydrogen-bond donors (Lipinski definition) is 2. The molecule has 2 aromatic carbocycles. The standard InChI is InChI=1S/C18H18BrN3O/c1-14-6-5-9-17(10-14)20-13-18(23)22-21-12-16(19)11-15-7-3-2-4-8-15/h2-12,20H,13H2,1H3,(H,22,23)/b16-11-,21-12-. The highest BCUT2D eigenvalue weighted by Crippen LogP contribution is 2.10. The molecule has 4 nitrogen and oxygen atoms in total. The molecule has 0 spiro atoms. The number of amides is 1. The molecule has 23 heavy (non-hydrogen) atoms. The maximum atomic E-state index is 11.7. The van der Waals surface area contributed by atoms with Crippen LogP contribution >= 0.6 is 15.9 Å². The van der Waals surface area contributed by atoms with Crippen molar-refractivity contribution in [2.24, 2.45) is 5.10 Å². The van der Waals surface area contributed by atoms with Gasteiger partial charge in [-0.05, 0) is 52.2 Å². The Bertz CT molecular complexity index is 711. The number of halogens is 1. The van der Waals surface area contributed by atoms with Crippen molar-refractivity contribution in [1.29, 1.82) is 0 Å². The number of rotatable bonds is 6. The minimum atomic E-state index is -0.206. The van der Waals surface area contributed by atoms with Gasteiger partial charge < -0.3 is 5.32 Å². The number of carbonyl (C=O) groups is 1. The minimum absolute atomic E-state index is 0.167. The topological polar surface area (TPSA) is 53.5 Å². The summed E-state index contributed by atoms with van der Waals surface area (Å²) < 4.78 is 0.774. The molecule has 2 N–H and O–H groups in total. The van der Waals surface area contributed by atoms with Crippen LogP contribution in [0.15, 0.2) is 64.2 Å². The van der Waals surface area contributed by atoms with E-state index in [0.717, 1.165) is 21.3 Å². The van der Waals surface area contributed by atoms with Crippen molar-refractivity contribution in [3.8, 4) is 0 Å². The monoisotopic (exact) mass is 371 g/mol. The molecule has 0 saturated heterocycles. The highest BCUT2D eigenvalue weighted by molar-refractivity contribution is 9.12. The van der Waals surface area contributed by atoms with Crippen LogP contribution < -0.4 is 10.7 Å². The maximum absolute atomic E-state index is 11.7. The summed E-state index contributed by atoms with van der Waals surface area (Å²) in [6.07, 6.45) is 3.47. The molecule has 0 aliphatic rings. The van der Waals surface area contributed by atoms with Gasteiger partial charge in [0, 0.05) is 10.2 Å². The van der Waals surface area contributed by atoms with Gasteiger partial charge >= 0.3 is 0 Å². The number of nitrogens with zero attached hydrogens (tertiary/aromatic N) is 1. The Kier molecular flexibility index (Phi) is 6.56. The molecular weight excluding hydrogens is 354 g/mol. The van der Waals surface area contributed by atoms with Crippen molar-refractivity contribution in [2.45, 2.75) is 6.92 Å². The Hall–Kier alpha value is -2.40. The number of aryl methyl sites for hydroxylation is 1. The Balaban J connectivity index is 1.78. The third-order valence-electron chi connectivity index (χ3n) is 2.95. The molecule has 2 aromatic rings. The molecule has 0 aromatic heterocycles. The van der Waals surface area contributed by atoms with Crippen LogP contribution in [0.25, 0.3) is 6.08 Å². The van der Waals surface area contributed by atoms with E-state index < -0.39 is 0 Å². The number of hydrazone groups is 1. The fraction of sp³-hybridized carbons (Fsp3) is 0.111. The number of benzene rings is 2. The fourth-order valence-electron chi connectivity index (χ4n) is 1.89. The summed E-state index contributed by atoms with van der Waals surface area (Å²) in [5.41, 5.74) is 5.59.